The van der Waals surface area contributed by atoms with Crippen molar-refractivity contribution in [2.75, 3.05) is 0 Å². The molecule has 2 rings (SSSR count). The van der Waals surface area contributed by atoms with Crippen LogP contribution in [0.25, 0.3) is 0 Å². The van der Waals surface area contributed by atoms with E-state index in [9.17, 15) is 0 Å². The first-order valence-electron chi connectivity index (χ1n) is 5.19. The molecular formula is C15H17FeO3P. The molecule has 0 saturated heterocycles. The SMILES string of the molecule is C=O.C=O.C=O.[Fe].c1ccc(Pc2ccccc2)cc1. The van der Waals surface area contributed by atoms with E-state index < -0.39 is 0 Å². The Morgan fingerprint density at radius 2 is 0.800 bits per heavy atom. The molecule has 0 fully saturated rings. The summed E-state index contributed by atoms with van der Waals surface area (Å²) in [6, 6.07) is 21.2. The summed E-state index contributed by atoms with van der Waals surface area (Å²) in [7, 11) is 0.777. The van der Waals surface area contributed by atoms with E-state index >= 15 is 0 Å². The third kappa shape index (κ3) is 11.5. The fraction of sp³-hybridized carbons (Fsp3) is 0. The average molecular weight is 332 g/mol. The quantitative estimate of drug-likeness (QED) is 0.622. The maximum absolute atomic E-state index is 8.00. The van der Waals surface area contributed by atoms with Gasteiger partial charge in [-0.15, -0.1) is 0 Å². The van der Waals surface area contributed by atoms with E-state index in [0.29, 0.717) is 0 Å². The van der Waals surface area contributed by atoms with Crippen molar-refractivity contribution < 1.29 is 31.5 Å². The topological polar surface area (TPSA) is 51.2 Å². The van der Waals surface area contributed by atoms with E-state index in [-0.39, 0.29) is 17.1 Å². The van der Waals surface area contributed by atoms with Crippen molar-refractivity contribution in [3.05, 3.63) is 60.7 Å². The van der Waals surface area contributed by atoms with Crippen molar-refractivity contribution in [1.29, 1.82) is 0 Å². The monoisotopic (exact) mass is 332 g/mol. The second kappa shape index (κ2) is 19.7. The van der Waals surface area contributed by atoms with E-state index in [4.69, 9.17) is 14.4 Å². The van der Waals surface area contributed by atoms with Gasteiger partial charge < -0.3 is 14.4 Å². The molecule has 0 spiro atoms. The van der Waals surface area contributed by atoms with Gasteiger partial charge in [0.25, 0.3) is 0 Å². The van der Waals surface area contributed by atoms with Crippen LogP contribution in [-0.2, 0) is 31.5 Å². The minimum absolute atomic E-state index is 0. The van der Waals surface area contributed by atoms with Gasteiger partial charge in [0.05, 0.1) is 0 Å². The fourth-order valence-corrected chi connectivity index (χ4v) is 2.26. The Kier molecular flexibility index (Phi) is 23.2. The summed E-state index contributed by atoms with van der Waals surface area (Å²) < 4.78 is 0. The maximum Gasteiger partial charge on any atom is 0.106 e. The number of carbonyl (C=O) groups is 3. The van der Waals surface area contributed by atoms with Gasteiger partial charge >= 0.3 is 0 Å². The molecule has 0 radical (unpaired) electrons. The largest absolute Gasteiger partial charge is 0.307 e. The number of hydrogen-bond acceptors (Lipinski definition) is 3. The van der Waals surface area contributed by atoms with Crippen LogP contribution < -0.4 is 10.6 Å². The molecule has 0 amide bonds. The maximum atomic E-state index is 8.00. The summed E-state index contributed by atoms with van der Waals surface area (Å²) in [5.41, 5.74) is 0. The third-order valence-electron chi connectivity index (χ3n) is 1.84. The fourth-order valence-electron chi connectivity index (χ4n) is 1.21. The van der Waals surface area contributed by atoms with Crippen molar-refractivity contribution in [2.45, 2.75) is 0 Å². The molecule has 0 aliphatic carbocycles. The molecule has 20 heavy (non-hydrogen) atoms. The van der Waals surface area contributed by atoms with Crippen LogP contribution in [0.2, 0.25) is 0 Å². The molecule has 0 saturated carbocycles. The number of hydrogen-bond donors (Lipinski definition) is 0. The molecule has 0 unspecified atom stereocenters. The molecule has 0 aliphatic heterocycles. The molecule has 0 N–H and O–H groups in total. The first-order chi connectivity index (χ1) is 9.45. The van der Waals surface area contributed by atoms with Crippen LogP contribution in [0.5, 0.6) is 0 Å². The Bertz CT molecular complexity index is 370. The predicted octanol–water partition coefficient (Wildman–Crippen LogP) is 1.76. The van der Waals surface area contributed by atoms with Crippen LogP contribution in [0.4, 0.5) is 0 Å². The van der Waals surface area contributed by atoms with Crippen LogP contribution in [0.1, 0.15) is 0 Å². The normalized spacial score (nSPS) is 7.00. The number of carbonyl (C=O) groups excluding carboxylic acids is 3. The Morgan fingerprint density at radius 1 is 0.550 bits per heavy atom. The van der Waals surface area contributed by atoms with Gasteiger partial charge in [-0.2, -0.15) is 0 Å². The minimum Gasteiger partial charge on any atom is -0.307 e. The van der Waals surface area contributed by atoms with Crippen LogP contribution in [0, 0.1) is 0 Å². The van der Waals surface area contributed by atoms with Crippen molar-refractivity contribution >= 4 is 39.6 Å². The van der Waals surface area contributed by atoms with E-state index in [0.717, 1.165) is 8.58 Å². The Morgan fingerprint density at radius 3 is 1.05 bits per heavy atom. The third-order valence-corrected chi connectivity index (χ3v) is 3.08. The van der Waals surface area contributed by atoms with Gasteiger partial charge in [0, 0.05) is 17.1 Å². The van der Waals surface area contributed by atoms with Crippen molar-refractivity contribution in [1.82, 2.24) is 0 Å². The number of benzene rings is 2. The van der Waals surface area contributed by atoms with Crippen LogP contribution in [0.3, 0.4) is 0 Å². The van der Waals surface area contributed by atoms with Crippen molar-refractivity contribution in [3.8, 4) is 0 Å². The van der Waals surface area contributed by atoms with E-state index in [1.807, 2.05) is 20.4 Å². The summed E-state index contributed by atoms with van der Waals surface area (Å²) >= 11 is 0. The molecule has 0 heterocycles. The summed E-state index contributed by atoms with van der Waals surface area (Å²) in [6.45, 7) is 6.00. The zero-order chi connectivity index (χ0) is 14.9. The van der Waals surface area contributed by atoms with E-state index in [2.05, 4.69) is 60.7 Å². The van der Waals surface area contributed by atoms with E-state index in [1.165, 1.54) is 10.6 Å². The molecular weight excluding hydrogens is 315 g/mol. The molecule has 5 heteroatoms. The molecule has 2 aromatic carbocycles. The predicted molar refractivity (Wildman–Crippen MR) is 81.8 cm³/mol. The second-order valence-electron chi connectivity index (χ2n) is 2.86. The first kappa shape index (κ1) is 23.5. The van der Waals surface area contributed by atoms with Crippen LogP contribution in [0.15, 0.2) is 60.7 Å². The van der Waals surface area contributed by atoms with Crippen LogP contribution in [-0.4, -0.2) is 20.4 Å². The van der Waals surface area contributed by atoms with Gasteiger partial charge in [-0.25, -0.2) is 0 Å². The molecule has 0 aliphatic rings. The van der Waals surface area contributed by atoms with Gasteiger partial charge in [0.15, 0.2) is 0 Å². The first-order valence-corrected chi connectivity index (χ1v) is 6.19. The molecule has 0 atom stereocenters. The smallest absolute Gasteiger partial charge is 0.106 e. The summed E-state index contributed by atoms with van der Waals surface area (Å²) in [6.07, 6.45) is 0. The Balaban J connectivity index is -0.000000368. The van der Waals surface area contributed by atoms with Gasteiger partial charge in [-0.1, -0.05) is 69.2 Å². The second-order valence-corrected chi connectivity index (χ2v) is 4.26. The van der Waals surface area contributed by atoms with E-state index in [1.54, 1.807) is 0 Å². The summed E-state index contributed by atoms with van der Waals surface area (Å²) in [5.74, 6) is 0. The van der Waals surface area contributed by atoms with Gasteiger partial charge in [-0.05, 0) is 10.6 Å². The number of rotatable bonds is 2. The van der Waals surface area contributed by atoms with Gasteiger partial charge in [0.1, 0.15) is 20.4 Å². The molecule has 3 nitrogen and oxygen atoms in total. The molecule has 2 aromatic rings. The van der Waals surface area contributed by atoms with Gasteiger partial charge in [-0.3, -0.25) is 0 Å². The average Bonchev–Trinajstić information content (AvgIpc) is 2.55. The van der Waals surface area contributed by atoms with Crippen molar-refractivity contribution in [2.24, 2.45) is 0 Å². The standard InChI is InChI=1S/C12H11P.3CH2O.Fe/c1-3-7-11(8-4-1)13-12-9-5-2-6-10-12;3*1-2;/h1-10,13H;3*1H2;. The molecule has 0 aromatic heterocycles. The van der Waals surface area contributed by atoms with Crippen LogP contribution >= 0.6 is 8.58 Å². The molecule has 0 bridgehead atoms. The minimum atomic E-state index is 0. The Hall–Kier alpha value is -1.60. The zero-order valence-electron chi connectivity index (χ0n) is 11.0. The Labute approximate surface area is 132 Å². The van der Waals surface area contributed by atoms with Crippen molar-refractivity contribution in [3.63, 3.8) is 0 Å². The summed E-state index contributed by atoms with van der Waals surface area (Å²) in [4.78, 5) is 24.0. The van der Waals surface area contributed by atoms with Gasteiger partial charge in [0.2, 0.25) is 0 Å². The molecule has 108 valence electrons. The zero-order valence-corrected chi connectivity index (χ0v) is 13.1. The summed E-state index contributed by atoms with van der Waals surface area (Å²) in [5, 5.41) is 2.79.